The minimum absolute atomic E-state index is 0.0593. The predicted molar refractivity (Wildman–Crippen MR) is 132 cm³/mol. The van der Waals surface area contributed by atoms with Crippen LogP contribution in [-0.2, 0) is 6.54 Å². The van der Waals surface area contributed by atoms with E-state index in [9.17, 15) is 9.18 Å². The minimum Gasteiger partial charge on any atom is -0.496 e. The van der Waals surface area contributed by atoms with Gasteiger partial charge in [0.2, 0.25) is 0 Å². The lowest BCUT2D eigenvalue weighted by Gasteiger charge is -2.34. The maximum Gasteiger partial charge on any atom is 0.253 e. The van der Waals surface area contributed by atoms with Crippen molar-refractivity contribution in [1.82, 2.24) is 4.90 Å². The molecule has 0 spiro atoms. The Kier molecular flexibility index (Phi) is 5.98. The summed E-state index contributed by atoms with van der Waals surface area (Å²) in [4.78, 5) is 14.9. The first-order valence-electron chi connectivity index (χ1n) is 11.0. The first-order chi connectivity index (χ1) is 15.7. The van der Waals surface area contributed by atoms with Crippen LogP contribution in [-0.4, -0.2) is 30.5 Å². The summed E-state index contributed by atoms with van der Waals surface area (Å²) in [6.45, 7) is 6.73. The van der Waals surface area contributed by atoms with E-state index >= 15 is 0 Å². The van der Waals surface area contributed by atoms with E-state index in [1.54, 1.807) is 18.0 Å². The van der Waals surface area contributed by atoms with Gasteiger partial charge in [0.05, 0.1) is 12.6 Å². The summed E-state index contributed by atoms with van der Waals surface area (Å²) in [5.41, 5.74) is 6.34. The molecule has 170 valence electrons. The highest BCUT2D eigenvalue weighted by Gasteiger charge is 2.28. The molecule has 1 N–H and O–H groups in total. The van der Waals surface area contributed by atoms with E-state index < -0.39 is 0 Å². The van der Waals surface area contributed by atoms with Crippen molar-refractivity contribution >= 4 is 17.2 Å². The zero-order valence-corrected chi connectivity index (χ0v) is 19.7. The van der Waals surface area contributed by atoms with Gasteiger partial charge < -0.3 is 15.0 Å². The molecule has 0 aromatic heterocycles. The average molecular weight is 445 g/mol. The molecule has 0 bridgehead atoms. The van der Waals surface area contributed by atoms with Crippen LogP contribution in [0.2, 0.25) is 0 Å². The van der Waals surface area contributed by atoms with Gasteiger partial charge in [-0.1, -0.05) is 30.3 Å². The van der Waals surface area contributed by atoms with Crippen LogP contribution in [0, 0.1) is 5.82 Å². The van der Waals surface area contributed by atoms with Crippen LogP contribution < -0.4 is 10.1 Å². The summed E-state index contributed by atoms with van der Waals surface area (Å²) in [5, 5.41) is 3.59. The fourth-order valence-electron chi connectivity index (χ4n) is 4.61. The molecule has 1 aliphatic rings. The third kappa shape index (κ3) is 4.49. The van der Waals surface area contributed by atoms with Crippen molar-refractivity contribution < 1.29 is 13.9 Å². The topological polar surface area (TPSA) is 41.6 Å². The molecule has 0 unspecified atom stereocenters. The number of ether oxygens (including phenoxy) is 1. The van der Waals surface area contributed by atoms with E-state index in [0.29, 0.717) is 17.9 Å². The van der Waals surface area contributed by atoms with Gasteiger partial charge in [0.25, 0.3) is 5.91 Å². The quantitative estimate of drug-likeness (QED) is 0.496. The lowest BCUT2D eigenvalue weighted by molar-refractivity contribution is 0.0785. The van der Waals surface area contributed by atoms with Crippen molar-refractivity contribution in [1.29, 1.82) is 0 Å². The smallest absolute Gasteiger partial charge is 0.253 e. The van der Waals surface area contributed by atoms with E-state index in [2.05, 4.69) is 32.2 Å². The molecule has 0 aliphatic carbocycles. The van der Waals surface area contributed by atoms with Gasteiger partial charge in [-0.2, -0.15) is 0 Å². The molecule has 1 heterocycles. The number of amides is 1. The SMILES string of the molecule is COc1cc(F)ccc1-c1ccc2c(c1CN(C)C(=O)c1ccccc1)C(C)=CC(C)(C)N2. The molecule has 33 heavy (non-hydrogen) atoms. The summed E-state index contributed by atoms with van der Waals surface area (Å²) in [6.07, 6.45) is 2.20. The Morgan fingerprint density at radius 3 is 2.45 bits per heavy atom. The number of methoxy groups -OCH3 is 1. The minimum atomic E-state index is -0.356. The monoisotopic (exact) mass is 444 g/mol. The van der Waals surface area contributed by atoms with E-state index in [-0.39, 0.29) is 17.3 Å². The molecule has 0 radical (unpaired) electrons. The Balaban J connectivity index is 1.87. The molecule has 4 rings (SSSR count). The normalized spacial score (nSPS) is 14.1. The second-order valence-electron chi connectivity index (χ2n) is 9.06. The Morgan fingerprint density at radius 1 is 1.06 bits per heavy atom. The number of allylic oxidation sites excluding steroid dienone is 1. The number of carbonyl (C=O) groups excluding carboxylic acids is 1. The van der Waals surface area contributed by atoms with E-state index in [1.807, 2.05) is 42.5 Å². The van der Waals surface area contributed by atoms with Gasteiger partial charge in [-0.05, 0) is 67.8 Å². The van der Waals surface area contributed by atoms with Crippen LogP contribution in [0.25, 0.3) is 16.7 Å². The molecule has 1 amide bonds. The van der Waals surface area contributed by atoms with Crippen LogP contribution >= 0.6 is 0 Å². The number of hydrogen-bond acceptors (Lipinski definition) is 3. The summed E-state index contributed by atoms with van der Waals surface area (Å²) >= 11 is 0. The average Bonchev–Trinajstić information content (AvgIpc) is 2.78. The van der Waals surface area contributed by atoms with Gasteiger partial charge in [-0.3, -0.25) is 4.79 Å². The van der Waals surface area contributed by atoms with Crippen LogP contribution in [0.15, 0.2) is 66.7 Å². The zero-order valence-electron chi connectivity index (χ0n) is 19.7. The van der Waals surface area contributed by atoms with E-state index in [1.165, 1.54) is 19.2 Å². The molecular formula is C28H29FN2O2. The van der Waals surface area contributed by atoms with Crippen molar-refractivity contribution in [2.45, 2.75) is 32.9 Å². The van der Waals surface area contributed by atoms with Crippen LogP contribution in [0.4, 0.5) is 10.1 Å². The summed E-state index contributed by atoms with van der Waals surface area (Å²) in [5.74, 6) is 0.0425. The molecule has 1 aliphatic heterocycles. The Hall–Kier alpha value is -3.60. The summed E-state index contributed by atoms with van der Waals surface area (Å²) in [7, 11) is 3.34. The van der Waals surface area contributed by atoms with Gasteiger partial charge in [0, 0.05) is 42.0 Å². The van der Waals surface area contributed by atoms with Crippen molar-refractivity contribution in [3.05, 3.63) is 89.2 Å². The van der Waals surface area contributed by atoms with Crippen molar-refractivity contribution in [3.63, 3.8) is 0 Å². The number of halogens is 1. The van der Waals surface area contributed by atoms with Gasteiger partial charge in [0.1, 0.15) is 11.6 Å². The van der Waals surface area contributed by atoms with Crippen LogP contribution in [0.5, 0.6) is 5.75 Å². The summed E-state index contributed by atoms with van der Waals surface area (Å²) < 4.78 is 19.4. The molecule has 0 fully saturated rings. The second kappa shape index (κ2) is 8.74. The van der Waals surface area contributed by atoms with Gasteiger partial charge >= 0.3 is 0 Å². The summed E-state index contributed by atoms with van der Waals surface area (Å²) in [6, 6.07) is 17.9. The number of nitrogens with zero attached hydrogens (tertiary/aromatic N) is 1. The Bertz CT molecular complexity index is 1230. The number of nitrogens with one attached hydrogen (secondary N) is 1. The molecule has 0 saturated carbocycles. The highest BCUT2D eigenvalue weighted by molar-refractivity contribution is 5.95. The molecule has 0 atom stereocenters. The van der Waals surface area contributed by atoms with Gasteiger partial charge in [-0.25, -0.2) is 4.39 Å². The lowest BCUT2D eigenvalue weighted by atomic mass is 9.84. The molecule has 0 saturated heterocycles. The Morgan fingerprint density at radius 2 is 1.76 bits per heavy atom. The zero-order chi connectivity index (χ0) is 23.8. The maximum atomic E-state index is 13.9. The number of carbonyl (C=O) groups is 1. The first-order valence-corrected chi connectivity index (χ1v) is 11.0. The molecule has 5 heteroatoms. The second-order valence-corrected chi connectivity index (χ2v) is 9.06. The molecule has 4 nitrogen and oxygen atoms in total. The third-order valence-electron chi connectivity index (χ3n) is 5.96. The van der Waals surface area contributed by atoms with Gasteiger partial charge in [-0.15, -0.1) is 0 Å². The molecule has 3 aromatic carbocycles. The van der Waals surface area contributed by atoms with Gasteiger partial charge in [0.15, 0.2) is 0 Å². The van der Waals surface area contributed by atoms with E-state index in [4.69, 9.17) is 4.74 Å². The lowest BCUT2D eigenvalue weighted by Crippen LogP contribution is -2.33. The number of hydrogen-bond donors (Lipinski definition) is 1. The fraction of sp³-hybridized carbons (Fsp3) is 0.250. The highest BCUT2D eigenvalue weighted by atomic mass is 19.1. The van der Waals surface area contributed by atoms with Crippen molar-refractivity contribution in [3.8, 4) is 16.9 Å². The first kappa shape index (κ1) is 22.6. The number of fused-ring (bicyclic) bond motifs is 1. The number of rotatable bonds is 5. The molecular weight excluding hydrogens is 415 g/mol. The maximum absolute atomic E-state index is 13.9. The molecule has 3 aromatic rings. The predicted octanol–water partition coefficient (Wildman–Crippen LogP) is 6.38. The highest BCUT2D eigenvalue weighted by Crippen LogP contribution is 2.43. The Labute approximate surface area is 194 Å². The number of benzene rings is 3. The van der Waals surface area contributed by atoms with E-state index in [0.717, 1.165) is 33.5 Å². The van der Waals surface area contributed by atoms with Crippen molar-refractivity contribution in [2.75, 3.05) is 19.5 Å². The standard InChI is InChI=1S/C28H29FN2O2/c1-18-16-28(2,3)30-24-14-13-21(22-12-11-20(29)15-25(22)33-5)23(26(18)24)17-31(4)27(32)19-9-7-6-8-10-19/h6-16,30H,17H2,1-5H3. The third-order valence-corrected chi connectivity index (χ3v) is 5.96. The largest absolute Gasteiger partial charge is 0.496 e. The number of anilines is 1. The van der Waals surface area contributed by atoms with Crippen LogP contribution in [0.3, 0.4) is 0 Å². The van der Waals surface area contributed by atoms with Crippen molar-refractivity contribution in [2.24, 2.45) is 0 Å². The van der Waals surface area contributed by atoms with Crippen LogP contribution in [0.1, 0.15) is 42.3 Å². The fourth-order valence-corrected chi connectivity index (χ4v) is 4.61.